The molecule has 1 nitrogen and oxygen atoms in total. The minimum absolute atomic E-state index is 0.0387. The van der Waals surface area contributed by atoms with Crippen LogP contribution in [0.25, 0.3) is 0 Å². The summed E-state index contributed by atoms with van der Waals surface area (Å²) in [6, 6.07) is 2.67. The second-order valence-corrected chi connectivity index (χ2v) is 6.08. The van der Waals surface area contributed by atoms with Crippen molar-refractivity contribution in [2.45, 2.75) is 38.6 Å². The molecule has 3 unspecified atom stereocenters. The summed E-state index contributed by atoms with van der Waals surface area (Å²) >= 11 is 0. The summed E-state index contributed by atoms with van der Waals surface area (Å²) in [6.45, 7) is 1.60. The lowest BCUT2D eigenvalue weighted by molar-refractivity contribution is 0.452. The summed E-state index contributed by atoms with van der Waals surface area (Å²) in [6.07, 6.45) is 5.09. The fraction of sp³-hybridized carbons (Fsp3) is 0.625. The monoisotopic (exact) mass is 265 g/mol. The zero-order chi connectivity index (χ0) is 13.6. The van der Waals surface area contributed by atoms with Crippen LogP contribution in [0.15, 0.2) is 12.1 Å². The van der Waals surface area contributed by atoms with Crippen molar-refractivity contribution in [2.75, 3.05) is 7.05 Å². The van der Waals surface area contributed by atoms with E-state index in [9.17, 15) is 8.78 Å². The van der Waals surface area contributed by atoms with Crippen LogP contribution in [0.3, 0.4) is 0 Å². The highest BCUT2D eigenvalue weighted by Crippen LogP contribution is 2.60. The van der Waals surface area contributed by atoms with Gasteiger partial charge in [-0.3, -0.25) is 0 Å². The molecule has 1 aromatic rings. The highest BCUT2D eigenvalue weighted by atomic mass is 19.1. The van der Waals surface area contributed by atoms with Crippen molar-refractivity contribution in [3.63, 3.8) is 0 Å². The third-order valence-electron chi connectivity index (χ3n) is 5.03. The predicted molar refractivity (Wildman–Crippen MR) is 71.8 cm³/mol. The van der Waals surface area contributed by atoms with Crippen molar-refractivity contribution in [2.24, 2.45) is 17.8 Å². The summed E-state index contributed by atoms with van der Waals surface area (Å²) < 4.78 is 27.8. The van der Waals surface area contributed by atoms with Gasteiger partial charge in [-0.05, 0) is 62.3 Å². The van der Waals surface area contributed by atoms with Crippen molar-refractivity contribution in [1.82, 2.24) is 5.32 Å². The zero-order valence-electron chi connectivity index (χ0n) is 11.5. The Morgan fingerprint density at radius 1 is 1.11 bits per heavy atom. The molecule has 0 bridgehead atoms. The normalized spacial score (nSPS) is 30.8. The molecular formula is C16H21F2N. The van der Waals surface area contributed by atoms with E-state index in [0.29, 0.717) is 17.0 Å². The highest BCUT2D eigenvalue weighted by molar-refractivity contribution is 5.30. The average molecular weight is 265 g/mol. The van der Waals surface area contributed by atoms with Crippen molar-refractivity contribution < 1.29 is 8.78 Å². The summed E-state index contributed by atoms with van der Waals surface area (Å²) in [5.74, 6) is 1.34. The van der Waals surface area contributed by atoms with E-state index in [4.69, 9.17) is 0 Å². The van der Waals surface area contributed by atoms with Crippen LogP contribution in [0.2, 0.25) is 0 Å². The van der Waals surface area contributed by atoms with Gasteiger partial charge >= 0.3 is 0 Å². The largest absolute Gasteiger partial charge is 0.313 e. The van der Waals surface area contributed by atoms with E-state index in [1.54, 1.807) is 6.92 Å². The fourth-order valence-corrected chi connectivity index (χ4v) is 4.00. The van der Waals surface area contributed by atoms with Crippen LogP contribution < -0.4 is 5.32 Å². The van der Waals surface area contributed by atoms with Gasteiger partial charge < -0.3 is 5.32 Å². The molecule has 1 aromatic carbocycles. The van der Waals surface area contributed by atoms with Gasteiger partial charge in [0, 0.05) is 11.6 Å². The van der Waals surface area contributed by atoms with E-state index in [1.807, 2.05) is 7.05 Å². The maximum absolute atomic E-state index is 14.1. The third-order valence-corrected chi connectivity index (χ3v) is 5.03. The first kappa shape index (κ1) is 13.0. The van der Waals surface area contributed by atoms with Gasteiger partial charge in [-0.15, -0.1) is 0 Å². The smallest absolute Gasteiger partial charge is 0.128 e. The van der Waals surface area contributed by atoms with Crippen LogP contribution in [0.1, 0.15) is 42.9 Å². The standard InChI is InChI=1S/C16H21F2N/c1-9-7-14(18)12(8-13(9)17)16(19-2)15-10-5-3-4-6-11(10)15/h7-8,10-11,15-16,19H,3-6H2,1-2H3. The lowest BCUT2D eigenvalue weighted by atomic mass is 9.98. The zero-order valence-corrected chi connectivity index (χ0v) is 11.5. The van der Waals surface area contributed by atoms with Crippen LogP contribution in [-0.4, -0.2) is 7.05 Å². The summed E-state index contributed by atoms with van der Waals surface area (Å²) in [7, 11) is 1.85. The molecule has 0 aromatic heterocycles. The number of nitrogens with one attached hydrogen (secondary N) is 1. The number of benzene rings is 1. The molecule has 2 aliphatic rings. The van der Waals surface area contributed by atoms with Gasteiger partial charge in [-0.1, -0.05) is 12.8 Å². The van der Waals surface area contributed by atoms with Crippen LogP contribution in [0.4, 0.5) is 8.78 Å². The molecule has 3 atom stereocenters. The number of halogens is 2. The molecule has 2 saturated carbocycles. The van der Waals surface area contributed by atoms with E-state index in [1.165, 1.54) is 37.8 Å². The molecule has 104 valence electrons. The van der Waals surface area contributed by atoms with Gasteiger partial charge in [-0.2, -0.15) is 0 Å². The third kappa shape index (κ3) is 2.18. The van der Waals surface area contributed by atoms with E-state index in [2.05, 4.69) is 5.32 Å². The predicted octanol–water partition coefficient (Wildman–Crippen LogP) is 3.97. The maximum Gasteiger partial charge on any atom is 0.128 e. The Morgan fingerprint density at radius 2 is 1.74 bits per heavy atom. The molecule has 1 N–H and O–H groups in total. The van der Waals surface area contributed by atoms with Gasteiger partial charge in [0.25, 0.3) is 0 Å². The maximum atomic E-state index is 14.1. The van der Waals surface area contributed by atoms with E-state index in [-0.39, 0.29) is 17.7 Å². The molecular weight excluding hydrogens is 244 g/mol. The average Bonchev–Trinajstić information content (AvgIpc) is 3.11. The molecule has 19 heavy (non-hydrogen) atoms. The molecule has 0 spiro atoms. The van der Waals surface area contributed by atoms with Crippen LogP contribution >= 0.6 is 0 Å². The first-order valence-corrected chi connectivity index (χ1v) is 7.26. The van der Waals surface area contributed by atoms with E-state index in [0.717, 1.165) is 11.8 Å². The van der Waals surface area contributed by atoms with Gasteiger partial charge in [-0.25, -0.2) is 8.78 Å². The second kappa shape index (κ2) is 4.86. The number of hydrogen-bond donors (Lipinski definition) is 1. The Morgan fingerprint density at radius 3 is 2.32 bits per heavy atom. The lowest BCUT2D eigenvalue weighted by Crippen LogP contribution is -2.21. The molecule has 0 amide bonds. The lowest BCUT2D eigenvalue weighted by Gasteiger charge is -2.18. The number of rotatable bonds is 3. The van der Waals surface area contributed by atoms with Crippen molar-refractivity contribution in [3.05, 3.63) is 34.9 Å². The molecule has 0 saturated heterocycles. The van der Waals surface area contributed by atoms with Crippen molar-refractivity contribution in [1.29, 1.82) is 0 Å². The Hall–Kier alpha value is -0.960. The minimum Gasteiger partial charge on any atom is -0.313 e. The first-order chi connectivity index (χ1) is 9.13. The molecule has 0 aliphatic heterocycles. The van der Waals surface area contributed by atoms with Gasteiger partial charge in [0.1, 0.15) is 11.6 Å². The number of aryl methyl sites for hydroxylation is 1. The Bertz CT molecular complexity index is 474. The SMILES string of the molecule is CNC(c1cc(F)c(C)cc1F)C1C2CCCCC21. The molecule has 2 aliphatic carbocycles. The quantitative estimate of drug-likeness (QED) is 0.872. The minimum atomic E-state index is -0.305. The summed E-state index contributed by atoms with van der Waals surface area (Å²) in [5.41, 5.74) is 0.884. The van der Waals surface area contributed by atoms with Crippen LogP contribution in [-0.2, 0) is 0 Å². The number of fused-ring (bicyclic) bond motifs is 1. The molecule has 3 rings (SSSR count). The second-order valence-electron chi connectivity index (χ2n) is 6.08. The first-order valence-electron chi connectivity index (χ1n) is 7.26. The Labute approximate surface area is 113 Å². The fourth-order valence-electron chi connectivity index (χ4n) is 4.00. The molecule has 0 heterocycles. The molecule has 2 fully saturated rings. The number of hydrogen-bond acceptors (Lipinski definition) is 1. The van der Waals surface area contributed by atoms with E-state index < -0.39 is 0 Å². The van der Waals surface area contributed by atoms with Gasteiger partial charge in [0.05, 0.1) is 0 Å². The van der Waals surface area contributed by atoms with Crippen molar-refractivity contribution in [3.8, 4) is 0 Å². The Kier molecular flexibility index (Phi) is 3.34. The van der Waals surface area contributed by atoms with Crippen LogP contribution in [0.5, 0.6) is 0 Å². The summed E-state index contributed by atoms with van der Waals surface area (Å²) in [5, 5.41) is 3.22. The Balaban J connectivity index is 1.89. The summed E-state index contributed by atoms with van der Waals surface area (Å²) in [4.78, 5) is 0. The van der Waals surface area contributed by atoms with Gasteiger partial charge in [0.2, 0.25) is 0 Å². The van der Waals surface area contributed by atoms with Crippen LogP contribution in [0, 0.1) is 36.3 Å². The topological polar surface area (TPSA) is 12.0 Å². The molecule has 3 heteroatoms. The molecule has 0 radical (unpaired) electrons. The van der Waals surface area contributed by atoms with Crippen molar-refractivity contribution >= 4 is 0 Å². The van der Waals surface area contributed by atoms with Gasteiger partial charge in [0.15, 0.2) is 0 Å². The highest BCUT2D eigenvalue weighted by Gasteiger charge is 2.54. The van der Waals surface area contributed by atoms with E-state index >= 15 is 0 Å².